The van der Waals surface area contributed by atoms with Gasteiger partial charge < -0.3 is 10.0 Å². The number of carbonyl (C=O) groups is 1. The number of carboxylic acid groups (broad SMARTS) is 1. The molecule has 0 atom stereocenters. The lowest BCUT2D eigenvalue weighted by Gasteiger charge is -2.21. The first kappa shape index (κ1) is 17.4. The molecule has 24 heavy (non-hydrogen) atoms. The summed E-state index contributed by atoms with van der Waals surface area (Å²) in [6.07, 6.45) is 6.56. The maximum atomic E-state index is 11.0. The zero-order chi connectivity index (χ0) is 16.9. The SMILES string of the molecule is Cc1ccc(CN(CCC(=O)O)c2nc(C3CCCCC3)cs2)s1. The smallest absolute Gasteiger partial charge is 0.305 e. The van der Waals surface area contributed by atoms with E-state index in [0.717, 1.165) is 11.7 Å². The van der Waals surface area contributed by atoms with Gasteiger partial charge in [-0.05, 0) is 31.9 Å². The van der Waals surface area contributed by atoms with E-state index in [2.05, 4.69) is 29.3 Å². The number of nitrogens with zero attached hydrogens (tertiary/aromatic N) is 2. The Bertz CT molecular complexity index is 674. The molecule has 0 spiro atoms. The van der Waals surface area contributed by atoms with Gasteiger partial charge in [0.05, 0.1) is 18.7 Å². The molecule has 6 heteroatoms. The van der Waals surface area contributed by atoms with E-state index in [4.69, 9.17) is 10.1 Å². The predicted molar refractivity (Wildman–Crippen MR) is 100 cm³/mol. The van der Waals surface area contributed by atoms with Crippen molar-refractivity contribution < 1.29 is 9.90 Å². The predicted octanol–water partition coefficient (Wildman–Crippen LogP) is 5.04. The Balaban J connectivity index is 1.73. The average Bonchev–Trinajstić information content (AvgIpc) is 3.21. The molecule has 130 valence electrons. The van der Waals surface area contributed by atoms with Crippen LogP contribution < -0.4 is 4.90 Å². The molecule has 0 aromatic carbocycles. The lowest BCUT2D eigenvalue weighted by molar-refractivity contribution is -0.136. The van der Waals surface area contributed by atoms with Crippen molar-refractivity contribution in [2.75, 3.05) is 11.4 Å². The second kappa shape index (κ2) is 8.12. The van der Waals surface area contributed by atoms with E-state index in [1.165, 1.54) is 47.6 Å². The summed E-state index contributed by atoms with van der Waals surface area (Å²) in [5.74, 6) is -0.166. The minimum Gasteiger partial charge on any atom is -0.481 e. The van der Waals surface area contributed by atoms with Gasteiger partial charge in [0.1, 0.15) is 0 Å². The van der Waals surface area contributed by atoms with Crippen molar-refractivity contribution in [2.24, 2.45) is 0 Å². The number of aliphatic carboxylic acids is 1. The highest BCUT2D eigenvalue weighted by Gasteiger charge is 2.20. The number of anilines is 1. The molecule has 0 unspecified atom stereocenters. The number of carboxylic acids is 1. The normalized spacial score (nSPS) is 15.5. The first-order valence-electron chi connectivity index (χ1n) is 8.59. The lowest BCUT2D eigenvalue weighted by Crippen LogP contribution is -2.25. The van der Waals surface area contributed by atoms with Crippen LogP contribution in [0.25, 0.3) is 0 Å². The third kappa shape index (κ3) is 4.57. The molecule has 0 bridgehead atoms. The summed E-state index contributed by atoms with van der Waals surface area (Å²) >= 11 is 3.42. The van der Waals surface area contributed by atoms with Crippen LogP contribution in [0.4, 0.5) is 5.13 Å². The van der Waals surface area contributed by atoms with Gasteiger partial charge in [-0.1, -0.05) is 19.3 Å². The molecule has 2 aromatic rings. The van der Waals surface area contributed by atoms with Gasteiger partial charge in [0.15, 0.2) is 5.13 Å². The number of aryl methyl sites for hydroxylation is 1. The number of hydrogen-bond donors (Lipinski definition) is 1. The van der Waals surface area contributed by atoms with Crippen molar-refractivity contribution in [1.29, 1.82) is 0 Å². The average molecular weight is 365 g/mol. The van der Waals surface area contributed by atoms with Crippen LogP contribution in [-0.4, -0.2) is 22.6 Å². The van der Waals surface area contributed by atoms with Crippen molar-refractivity contribution in [3.05, 3.63) is 33.0 Å². The van der Waals surface area contributed by atoms with E-state index in [1.54, 1.807) is 22.7 Å². The molecule has 2 heterocycles. The van der Waals surface area contributed by atoms with Crippen LogP contribution in [0.2, 0.25) is 0 Å². The quantitative estimate of drug-likeness (QED) is 0.747. The molecule has 1 fully saturated rings. The van der Waals surface area contributed by atoms with Gasteiger partial charge in [-0.15, -0.1) is 22.7 Å². The zero-order valence-electron chi connectivity index (χ0n) is 14.0. The largest absolute Gasteiger partial charge is 0.481 e. The van der Waals surface area contributed by atoms with Crippen LogP contribution in [0.5, 0.6) is 0 Å². The molecule has 1 aliphatic rings. The number of hydrogen-bond acceptors (Lipinski definition) is 5. The van der Waals surface area contributed by atoms with Gasteiger partial charge >= 0.3 is 5.97 Å². The molecular weight excluding hydrogens is 340 g/mol. The summed E-state index contributed by atoms with van der Waals surface area (Å²) < 4.78 is 0. The van der Waals surface area contributed by atoms with Crippen molar-refractivity contribution in [3.63, 3.8) is 0 Å². The first-order chi connectivity index (χ1) is 11.6. The monoisotopic (exact) mass is 364 g/mol. The Kier molecular flexibility index (Phi) is 5.89. The number of aromatic nitrogens is 1. The van der Waals surface area contributed by atoms with E-state index >= 15 is 0 Å². The topological polar surface area (TPSA) is 53.4 Å². The summed E-state index contributed by atoms with van der Waals surface area (Å²) in [6.45, 7) is 3.34. The fourth-order valence-electron chi connectivity index (χ4n) is 3.24. The summed E-state index contributed by atoms with van der Waals surface area (Å²) in [6, 6.07) is 4.24. The first-order valence-corrected chi connectivity index (χ1v) is 10.3. The van der Waals surface area contributed by atoms with Crippen LogP contribution in [0.1, 0.15) is 59.9 Å². The van der Waals surface area contributed by atoms with E-state index in [0.29, 0.717) is 12.5 Å². The minimum absolute atomic E-state index is 0.142. The van der Waals surface area contributed by atoms with Crippen LogP contribution in [0.3, 0.4) is 0 Å². The summed E-state index contributed by atoms with van der Waals surface area (Å²) in [5.41, 5.74) is 1.21. The molecule has 4 nitrogen and oxygen atoms in total. The van der Waals surface area contributed by atoms with Crippen LogP contribution in [0.15, 0.2) is 17.5 Å². The third-order valence-electron chi connectivity index (χ3n) is 4.54. The Morgan fingerprint density at radius 2 is 2.12 bits per heavy atom. The van der Waals surface area contributed by atoms with Gasteiger partial charge in [0, 0.05) is 27.6 Å². The second-order valence-electron chi connectivity index (χ2n) is 6.47. The van der Waals surface area contributed by atoms with Crippen LogP contribution in [-0.2, 0) is 11.3 Å². The van der Waals surface area contributed by atoms with E-state index in [-0.39, 0.29) is 6.42 Å². The fraction of sp³-hybridized carbons (Fsp3) is 0.556. The highest BCUT2D eigenvalue weighted by atomic mass is 32.1. The summed E-state index contributed by atoms with van der Waals surface area (Å²) in [4.78, 5) is 20.5. The Morgan fingerprint density at radius 3 is 2.79 bits per heavy atom. The molecular formula is C18H24N2O2S2. The molecule has 3 rings (SSSR count). The van der Waals surface area contributed by atoms with Gasteiger partial charge in [-0.2, -0.15) is 0 Å². The van der Waals surface area contributed by atoms with Gasteiger partial charge in [-0.3, -0.25) is 4.79 Å². The maximum absolute atomic E-state index is 11.0. The summed E-state index contributed by atoms with van der Waals surface area (Å²) in [7, 11) is 0. The number of thiophene rings is 1. The van der Waals surface area contributed by atoms with Crippen LogP contribution >= 0.6 is 22.7 Å². The minimum atomic E-state index is -0.758. The van der Waals surface area contributed by atoms with Crippen molar-refractivity contribution in [3.8, 4) is 0 Å². The summed E-state index contributed by atoms with van der Waals surface area (Å²) in [5, 5.41) is 12.2. The van der Waals surface area contributed by atoms with Crippen molar-refractivity contribution in [1.82, 2.24) is 4.98 Å². The molecule has 1 saturated carbocycles. The van der Waals surface area contributed by atoms with Gasteiger partial charge in [0.25, 0.3) is 0 Å². The Morgan fingerprint density at radius 1 is 1.33 bits per heavy atom. The molecule has 2 aromatic heterocycles. The third-order valence-corrected chi connectivity index (χ3v) is 6.45. The lowest BCUT2D eigenvalue weighted by atomic mass is 9.87. The van der Waals surface area contributed by atoms with Crippen molar-refractivity contribution in [2.45, 2.75) is 57.9 Å². The van der Waals surface area contributed by atoms with Crippen LogP contribution in [0, 0.1) is 6.92 Å². The fourth-order valence-corrected chi connectivity index (χ4v) is 5.08. The van der Waals surface area contributed by atoms with Crippen molar-refractivity contribution >= 4 is 33.8 Å². The number of rotatable bonds is 7. The Labute approximate surface area is 151 Å². The van der Waals surface area contributed by atoms with E-state index < -0.39 is 5.97 Å². The van der Waals surface area contributed by atoms with E-state index in [1.807, 2.05) is 0 Å². The molecule has 0 saturated heterocycles. The molecule has 1 N–H and O–H groups in total. The molecule has 0 radical (unpaired) electrons. The van der Waals surface area contributed by atoms with Gasteiger partial charge in [0.2, 0.25) is 0 Å². The molecule has 0 amide bonds. The zero-order valence-corrected chi connectivity index (χ0v) is 15.7. The van der Waals surface area contributed by atoms with Gasteiger partial charge in [-0.25, -0.2) is 4.98 Å². The maximum Gasteiger partial charge on any atom is 0.305 e. The molecule has 0 aliphatic heterocycles. The highest BCUT2D eigenvalue weighted by Crippen LogP contribution is 2.35. The standard InChI is InChI=1S/C18H24N2O2S2/c1-13-7-8-15(24-13)11-20(10-9-17(21)22)18-19-16(12-23-18)14-5-3-2-4-6-14/h7-8,12,14H,2-6,9-11H2,1H3,(H,21,22). The number of thiazole rings is 1. The highest BCUT2D eigenvalue weighted by molar-refractivity contribution is 7.14. The second-order valence-corrected chi connectivity index (χ2v) is 8.68. The Hall–Kier alpha value is -1.40. The van der Waals surface area contributed by atoms with E-state index in [9.17, 15) is 4.79 Å². The molecule has 1 aliphatic carbocycles.